The van der Waals surface area contributed by atoms with E-state index in [9.17, 15) is 0 Å². The Kier molecular flexibility index (Phi) is 31.2. The molecule has 0 aromatic rings. The first-order valence-corrected chi connectivity index (χ1v) is 23.0. The van der Waals surface area contributed by atoms with Crippen molar-refractivity contribution in [3.8, 4) is 0 Å². The van der Waals surface area contributed by atoms with Crippen molar-refractivity contribution in [2.75, 3.05) is 52.9 Å². The highest BCUT2D eigenvalue weighted by Crippen LogP contribution is 2.24. The first kappa shape index (κ1) is 46.0. The summed E-state index contributed by atoms with van der Waals surface area (Å²) in [5.41, 5.74) is 0. The Labute approximate surface area is 320 Å². The Morgan fingerprint density at radius 1 is 0.451 bits per heavy atom. The number of nitrogens with zero attached hydrogens (tertiary/aromatic N) is 3. The van der Waals surface area contributed by atoms with Gasteiger partial charge in [-0.1, -0.05) is 152 Å². The molecule has 0 aliphatic carbocycles. The molecule has 3 heteroatoms. The van der Waals surface area contributed by atoms with Crippen LogP contribution in [0.2, 0.25) is 0 Å². The third-order valence-corrected chi connectivity index (χ3v) is 11.8. The predicted molar refractivity (Wildman–Crippen MR) is 230 cm³/mol. The number of rotatable bonds is 33. The molecule has 0 atom stereocenters. The molecule has 0 aromatic heterocycles. The van der Waals surface area contributed by atoms with E-state index in [0.717, 1.165) is 24.8 Å². The van der Waals surface area contributed by atoms with Gasteiger partial charge in [-0.3, -0.25) is 4.90 Å². The molecule has 0 radical (unpaired) electrons. The fourth-order valence-electron chi connectivity index (χ4n) is 8.19. The Bertz CT molecular complexity index is 795. The maximum Gasteiger partial charge on any atom is 0.0121 e. The van der Waals surface area contributed by atoms with Crippen LogP contribution >= 0.6 is 0 Å². The minimum Gasteiger partial charge on any atom is -0.304 e. The highest BCUT2D eigenvalue weighted by atomic mass is 15.3. The molecule has 2 fully saturated rings. The van der Waals surface area contributed by atoms with Crippen LogP contribution in [0.15, 0.2) is 48.6 Å². The van der Waals surface area contributed by atoms with Gasteiger partial charge < -0.3 is 9.80 Å². The fraction of sp³-hybridized carbons (Fsp3) is 0.833. The third-order valence-electron chi connectivity index (χ3n) is 11.8. The first-order valence-electron chi connectivity index (χ1n) is 23.0. The molecule has 0 amide bonds. The monoisotopic (exact) mass is 708 g/mol. The van der Waals surface area contributed by atoms with E-state index in [-0.39, 0.29) is 0 Å². The Hall–Kier alpha value is -1.16. The zero-order valence-electron chi connectivity index (χ0n) is 34.9. The van der Waals surface area contributed by atoms with Gasteiger partial charge in [-0.25, -0.2) is 0 Å². The summed E-state index contributed by atoms with van der Waals surface area (Å²) >= 11 is 0. The number of likely N-dealkylation sites (N-methyl/N-ethyl adjacent to an activating group) is 1. The lowest BCUT2D eigenvalue weighted by atomic mass is 9.92. The smallest absolute Gasteiger partial charge is 0.0121 e. The van der Waals surface area contributed by atoms with Crippen LogP contribution in [0.3, 0.4) is 0 Å². The lowest BCUT2D eigenvalue weighted by molar-refractivity contribution is 0.0619. The van der Waals surface area contributed by atoms with Crippen molar-refractivity contribution in [1.82, 2.24) is 14.7 Å². The number of unbranched alkanes of at least 4 members (excludes halogenated alkanes) is 18. The van der Waals surface area contributed by atoms with E-state index in [2.05, 4.69) is 84.2 Å². The topological polar surface area (TPSA) is 9.72 Å². The zero-order valence-corrected chi connectivity index (χ0v) is 34.9. The summed E-state index contributed by atoms with van der Waals surface area (Å²) in [6.07, 6.45) is 57.3. The molecule has 0 unspecified atom stereocenters. The molecule has 0 bridgehead atoms. The highest BCUT2D eigenvalue weighted by Gasteiger charge is 2.27. The molecule has 51 heavy (non-hydrogen) atoms. The predicted octanol–water partition coefficient (Wildman–Crippen LogP) is 13.7. The molecule has 2 saturated heterocycles. The first-order chi connectivity index (χ1) is 25.2. The molecule has 2 aliphatic rings. The van der Waals surface area contributed by atoms with Gasteiger partial charge in [-0.15, -0.1) is 0 Å². The quantitative estimate of drug-likeness (QED) is 0.0497. The van der Waals surface area contributed by atoms with E-state index in [1.165, 1.54) is 213 Å². The van der Waals surface area contributed by atoms with Crippen molar-refractivity contribution in [3.63, 3.8) is 0 Å². The normalized spacial score (nSPS) is 18.1. The zero-order chi connectivity index (χ0) is 36.3. The lowest BCUT2D eigenvalue weighted by Crippen LogP contribution is -2.52. The maximum absolute atomic E-state index is 2.86. The molecule has 0 spiro atoms. The molecule has 0 saturated carbocycles. The minimum atomic E-state index is 0.841. The van der Waals surface area contributed by atoms with Crippen molar-refractivity contribution in [2.24, 2.45) is 5.92 Å². The van der Waals surface area contributed by atoms with Gasteiger partial charge in [0.1, 0.15) is 0 Å². The summed E-state index contributed by atoms with van der Waals surface area (Å²) < 4.78 is 0. The van der Waals surface area contributed by atoms with Gasteiger partial charge >= 0.3 is 0 Å². The number of likely N-dealkylation sites (tertiary alicyclic amines) is 1. The van der Waals surface area contributed by atoms with E-state index in [0.29, 0.717) is 0 Å². The second kappa shape index (κ2) is 34.6. The van der Waals surface area contributed by atoms with Crippen LogP contribution in [0.1, 0.15) is 194 Å². The van der Waals surface area contributed by atoms with E-state index >= 15 is 0 Å². The van der Waals surface area contributed by atoms with Gasteiger partial charge in [0.2, 0.25) is 0 Å². The number of allylic oxidation sites excluding steroid dienone is 8. The molecule has 0 aromatic carbocycles. The molecule has 2 heterocycles. The molecule has 296 valence electrons. The van der Waals surface area contributed by atoms with Gasteiger partial charge in [0.15, 0.2) is 0 Å². The summed E-state index contributed by atoms with van der Waals surface area (Å²) in [5.74, 6) is 0.918. The second-order valence-corrected chi connectivity index (χ2v) is 16.5. The average molecular weight is 708 g/mol. The van der Waals surface area contributed by atoms with Crippen molar-refractivity contribution < 1.29 is 0 Å². The van der Waals surface area contributed by atoms with Gasteiger partial charge in [-0.2, -0.15) is 0 Å². The van der Waals surface area contributed by atoms with Crippen LogP contribution in [0.5, 0.6) is 0 Å². The average Bonchev–Trinajstić information content (AvgIpc) is 3.15. The van der Waals surface area contributed by atoms with Crippen molar-refractivity contribution in [3.05, 3.63) is 48.6 Å². The van der Waals surface area contributed by atoms with Crippen LogP contribution in [-0.4, -0.2) is 73.6 Å². The second-order valence-electron chi connectivity index (χ2n) is 16.5. The van der Waals surface area contributed by atoms with Crippen LogP contribution < -0.4 is 0 Å². The maximum atomic E-state index is 2.86. The number of piperazine rings is 1. The molecular weight excluding hydrogens is 619 g/mol. The van der Waals surface area contributed by atoms with E-state index in [1.807, 2.05) is 0 Å². The fourth-order valence-corrected chi connectivity index (χ4v) is 8.19. The van der Waals surface area contributed by atoms with Crippen LogP contribution in [-0.2, 0) is 0 Å². The molecule has 2 aliphatic heterocycles. The summed E-state index contributed by atoms with van der Waals surface area (Å²) in [6, 6.07) is 0.841. The van der Waals surface area contributed by atoms with Gasteiger partial charge in [0, 0.05) is 38.8 Å². The van der Waals surface area contributed by atoms with Gasteiger partial charge in [0.05, 0.1) is 0 Å². The van der Waals surface area contributed by atoms with Crippen LogP contribution in [0, 0.1) is 5.92 Å². The summed E-state index contributed by atoms with van der Waals surface area (Å²) in [5, 5.41) is 0. The highest BCUT2D eigenvalue weighted by molar-refractivity contribution is 4.93. The van der Waals surface area contributed by atoms with Crippen molar-refractivity contribution >= 4 is 0 Å². The van der Waals surface area contributed by atoms with E-state index in [1.54, 1.807) is 0 Å². The van der Waals surface area contributed by atoms with Crippen molar-refractivity contribution in [1.29, 1.82) is 0 Å². The Morgan fingerprint density at radius 2 is 0.843 bits per heavy atom. The molecule has 0 N–H and O–H groups in total. The van der Waals surface area contributed by atoms with E-state index in [4.69, 9.17) is 0 Å². The molecule has 3 nitrogen and oxygen atoms in total. The minimum absolute atomic E-state index is 0.841. The largest absolute Gasteiger partial charge is 0.304 e. The third kappa shape index (κ3) is 27.1. The SMILES string of the molecule is CCCCCC=CCC=CCCCCCCCCC(CCCCCCCCC=CCC=CCCCCC)CN1CCC(N2CCN(C)CC2)CC1. The van der Waals surface area contributed by atoms with Gasteiger partial charge in [-0.05, 0) is 116 Å². The summed E-state index contributed by atoms with van der Waals surface area (Å²) in [6.45, 7) is 13.7. The number of hydrogen-bond acceptors (Lipinski definition) is 3. The van der Waals surface area contributed by atoms with Gasteiger partial charge in [0.25, 0.3) is 0 Å². The molecular formula is C48H89N3. The molecule has 2 rings (SSSR count). The van der Waals surface area contributed by atoms with Crippen LogP contribution in [0.4, 0.5) is 0 Å². The Morgan fingerprint density at radius 3 is 1.27 bits per heavy atom. The summed E-state index contributed by atoms with van der Waals surface area (Å²) in [4.78, 5) is 8.17. The standard InChI is InChI=1S/C48H89N3/c1-4-6-8-10-12-14-16-18-20-22-24-26-28-30-32-34-36-47(46-50-40-38-48(39-41-50)51-44-42-49(3)43-45-51)37-35-33-31-29-27-25-23-21-19-17-15-13-11-9-7-5-2/h12-15,18-21,47-48H,4-11,16-17,22-46H2,1-3H3. The number of hydrogen-bond donors (Lipinski definition) is 0. The summed E-state index contributed by atoms with van der Waals surface area (Å²) in [7, 11) is 2.28. The van der Waals surface area contributed by atoms with E-state index < -0.39 is 0 Å². The number of piperidine rings is 1. The van der Waals surface area contributed by atoms with Crippen molar-refractivity contribution in [2.45, 2.75) is 200 Å². The Balaban J connectivity index is 1.57. The lowest BCUT2D eigenvalue weighted by Gasteiger charge is -2.42. The van der Waals surface area contributed by atoms with Crippen LogP contribution in [0.25, 0.3) is 0 Å².